The summed E-state index contributed by atoms with van der Waals surface area (Å²) >= 11 is 1.48. The van der Waals surface area contributed by atoms with Crippen molar-refractivity contribution in [1.29, 1.82) is 0 Å². The van der Waals surface area contributed by atoms with Gasteiger partial charge in [0.25, 0.3) is 11.8 Å². The molecule has 7 nitrogen and oxygen atoms in total. The van der Waals surface area contributed by atoms with Crippen LogP contribution in [-0.4, -0.2) is 29.3 Å². The van der Waals surface area contributed by atoms with E-state index in [-0.39, 0.29) is 17.5 Å². The van der Waals surface area contributed by atoms with E-state index in [1.54, 1.807) is 42.5 Å². The summed E-state index contributed by atoms with van der Waals surface area (Å²) < 4.78 is 0. The number of rotatable bonds is 9. The topological polar surface area (TPSA) is 94.3 Å². The first-order valence-electron chi connectivity index (χ1n) is 15.7. The zero-order valence-corrected chi connectivity index (χ0v) is 26.7. The van der Waals surface area contributed by atoms with Crippen LogP contribution < -0.4 is 15.5 Å². The average Bonchev–Trinajstić information content (AvgIpc) is 3.76. The highest BCUT2D eigenvalue weighted by atomic mass is 32.2. The predicted octanol–water partition coefficient (Wildman–Crippen LogP) is 8.00. The third kappa shape index (κ3) is 6.65. The van der Waals surface area contributed by atoms with E-state index >= 15 is 0 Å². The SMILES string of the molecule is O=C(Nc1ccc(S[C@@H](C(=O)N2CCc3ccccc32)c2ccccc2)cc1)/C(=C\c1c[nH]c2ccccc12)NC(=O)c1ccccc1. The number of para-hydroxylation sites is 2. The van der Waals surface area contributed by atoms with Crippen LogP contribution in [0.15, 0.2) is 150 Å². The largest absolute Gasteiger partial charge is 0.361 e. The van der Waals surface area contributed by atoms with Gasteiger partial charge in [0.1, 0.15) is 10.9 Å². The molecular formula is C40H32N4O3S. The second kappa shape index (κ2) is 13.9. The lowest BCUT2D eigenvalue weighted by atomic mass is 10.1. The third-order valence-electron chi connectivity index (χ3n) is 8.30. The molecule has 1 aliphatic heterocycles. The maximum atomic E-state index is 14.0. The van der Waals surface area contributed by atoms with Crippen LogP contribution in [0.2, 0.25) is 0 Å². The fourth-order valence-electron chi connectivity index (χ4n) is 5.86. The van der Waals surface area contributed by atoms with Crippen LogP contribution in [0, 0.1) is 0 Å². The van der Waals surface area contributed by atoms with E-state index in [1.807, 2.05) is 102 Å². The van der Waals surface area contributed by atoms with Crippen molar-refractivity contribution in [3.63, 3.8) is 0 Å². The molecule has 0 saturated heterocycles. The highest BCUT2D eigenvalue weighted by molar-refractivity contribution is 8.00. The van der Waals surface area contributed by atoms with Gasteiger partial charge in [-0.15, -0.1) is 11.8 Å². The Morgan fingerprint density at radius 3 is 2.25 bits per heavy atom. The van der Waals surface area contributed by atoms with Crippen LogP contribution in [0.3, 0.4) is 0 Å². The first-order chi connectivity index (χ1) is 23.5. The molecule has 1 aliphatic rings. The lowest BCUT2D eigenvalue weighted by Crippen LogP contribution is -2.32. The number of anilines is 2. The number of benzene rings is 5. The van der Waals surface area contributed by atoms with E-state index in [0.29, 0.717) is 17.8 Å². The van der Waals surface area contributed by atoms with Gasteiger partial charge in [-0.1, -0.05) is 84.9 Å². The molecule has 0 saturated carbocycles. The van der Waals surface area contributed by atoms with Gasteiger partial charge in [-0.25, -0.2) is 0 Å². The zero-order chi connectivity index (χ0) is 32.9. The number of amides is 3. The van der Waals surface area contributed by atoms with E-state index in [1.165, 1.54) is 17.3 Å². The summed E-state index contributed by atoms with van der Waals surface area (Å²) in [6.07, 6.45) is 4.32. The van der Waals surface area contributed by atoms with Crippen molar-refractivity contribution in [2.24, 2.45) is 0 Å². The number of nitrogens with zero attached hydrogens (tertiary/aromatic N) is 1. The van der Waals surface area contributed by atoms with Gasteiger partial charge >= 0.3 is 0 Å². The number of carbonyl (C=O) groups excluding carboxylic acids is 3. The molecule has 1 atom stereocenters. The molecular weight excluding hydrogens is 617 g/mol. The van der Waals surface area contributed by atoms with Crippen LogP contribution in [0.1, 0.15) is 32.3 Å². The van der Waals surface area contributed by atoms with Crippen molar-refractivity contribution in [2.75, 3.05) is 16.8 Å². The number of H-pyrrole nitrogens is 1. The minimum atomic E-state index is -0.463. The number of hydrogen-bond donors (Lipinski definition) is 3. The lowest BCUT2D eigenvalue weighted by molar-refractivity contribution is -0.118. The first kappa shape index (κ1) is 30.8. The van der Waals surface area contributed by atoms with E-state index < -0.39 is 11.2 Å². The van der Waals surface area contributed by atoms with Gasteiger partial charge in [-0.05, 0) is 72.2 Å². The third-order valence-corrected chi connectivity index (χ3v) is 9.55. The number of fused-ring (bicyclic) bond motifs is 2. The number of carbonyl (C=O) groups is 3. The molecule has 7 rings (SSSR count). The van der Waals surface area contributed by atoms with Crippen molar-refractivity contribution < 1.29 is 14.4 Å². The Labute approximate surface area is 282 Å². The maximum Gasteiger partial charge on any atom is 0.272 e. The molecule has 0 aliphatic carbocycles. The standard InChI is InChI=1S/C40H32N4O3S/c45-38(29-14-5-2-6-15-29)43-35(25-30-26-41-34-17-9-8-16-33(30)34)39(46)42-31-19-21-32(22-20-31)48-37(28-12-3-1-4-13-28)40(47)44-24-23-27-11-7-10-18-36(27)44/h1-22,25-26,37,41H,23-24H2,(H,42,46)(H,43,45)/b35-25+/t37-/m1/s1. The number of aromatic amines is 1. The Hall–Kier alpha value is -5.86. The van der Waals surface area contributed by atoms with Gasteiger partial charge in [0.05, 0.1) is 0 Å². The van der Waals surface area contributed by atoms with Crippen molar-refractivity contribution in [2.45, 2.75) is 16.6 Å². The predicted molar refractivity (Wildman–Crippen MR) is 193 cm³/mol. The quantitative estimate of drug-likeness (QED) is 0.109. The molecule has 5 aromatic carbocycles. The van der Waals surface area contributed by atoms with Crippen LogP contribution >= 0.6 is 11.8 Å². The van der Waals surface area contributed by atoms with Crippen molar-refractivity contribution in [3.05, 3.63) is 168 Å². The second-order valence-electron chi connectivity index (χ2n) is 11.4. The first-order valence-corrected chi connectivity index (χ1v) is 16.6. The molecule has 0 bridgehead atoms. The Morgan fingerprint density at radius 2 is 1.46 bits per heavy atom. The van der Waals surface area contributed by atoms with Gasteiger partial charge in [0.2, 0.25) is 5.91 Å². The van der Waals surface area contributed by atoms with Crippen molar-refractivity contribution >= 4 is 57.8 Å². The monoisotopic (exact) mass is 648 g/mol. The molecule has 0 unspecified atom stereocenters. The molecule has 236 valence electrons. The molecule has 3 amide bonds. The Morgan fingerprint density at radius 1 is 0.771 bits per heavy atom. The van der Waals surface area contributed by atoms with Gasteiger partial charge in [0.15, 0.2) is 0 Å². The van der Waals surface area contributed by atoms with Crippen LogP contribution in [0.5, 0.6) is 0 Å². The smallest absolute Gasteiger partial charge is 0.272 e. The van der Waals surface area contributed by atoms with Crippen LogP contribution in [0.25, 0.3) is 17.0 Å². The average molecular weight is 649 g/mol. The lowest BCUT2D eigenvalue weighted by Gasteiger charge is -2.24. The minimum Gasteiger partial charge on any atom is -0.361 e. The number of nitrogens with one attached hydrogen (secondary N) is 3. The molecule has 0 radical (unpaired) electrons. The van der Waals surface area contributed by atoms with Crippen LogP contribution in [0.4, 0.5) is 11.4 Å². The molecule has 0 fully saturated rings. The molecule has 2 heterocycles. The highest BCUT2D eigenvalue weighted by Crippen LogP contribution is 2.40. The summed E-state index contributed by atoms with van der Waals surface area (Å²) in [6, 6.07) is 41.8. The summed E-state index contributed by atoms with van der Waals surface area (Å²) in [4.78, 5) is 46.8. The van der Waals surface area contributed by atoms with Gasteiger partial charge in [0, 0.05) is 51.0 Å². The summed E-state index contributed by atoms with van der Waals surface area (Å²) in [6.45, 7) is 0.655. The normalized spacial score (nSPS) is 13.2. The van der Waals surface area contributed by atoms with E-state index in [0.717, 1.165) is 39.0 Å². The fourth-order valence-corrected chi connectivity index (χ4v) is 6.95. The number of aromatic nitrogens is 1. The summed E-state index contributed by atoms with van der Waals surface area (Å²) in [5.74, 6) is -0.814. The molecule has 6 aromatic rings. The van der Waals surface area contributed by atoms with Crippen LogP contribution in [-0.2, 0) is 16.0 Å². The summed E-state index contributed by atoms with van der Waals surface area (Å²) in [5, 5.41) is 6.22. The Kier molecular flexibility index (Phi) is 8.89. The van der Waals surface area contributed by atoms with Gasteiger partial charge in [-0.2, -0.15) is 0 Å². The molecule has 0 spiro atoms. The molecule has 3 N–H and O–H groups in total. The number of hydrogen-bond acceptors (Lipinski definition) is 4. The van der Waals surface area contributed by atoms with Gasteiger partial charge in [-0.3, -0.25) is 14.4 Å². The Balaban J connectivity index is 1.11. The number of thioether (sulfide) groups is 1. The fraction of sp³-hybridized carbons (Fsp3) is 0.0750. The maximum absolute atomic E-state index is 14.0. The zero-order valence-electron chi connectivity index (χ0n) is 25.9. The molecule has 1 aromatic heterocycles. The van der Waals surface area contributed by atoms with E-state index in [9.17, 15) is 14.4 Å². The van der Waals surface area contributed by atoms with E-state index in [2.05, 4.69) is 21.7 Å². The molecule has 48 heavy (non-hydrogen) atoms. The second-order valence-corrected chi connectivity index (χ2v) is 12.6. The van der Waals surface area contributed by atoms with E-state index in [4.69, 9.17) is 0 Å². The van der Waals surface area contributed by atoms with Gasteiger partial charge < -0.3 is 20.5 Å². The van der Waals surface area contributed by atoms with Crippen molar-refractivity contribution in [1.82, 2.24) is 10.3 Å². The minimum absolute atomic E-state index is 0.0368. The molecule has 8 heteroatoms. The Bertz CT molecular complexity index is 2130. The highest BCUT2D eigenvalue weighted by Gasteiger charge is 2.31. The summed E-state index contributed by atoms with van der Waals surface area (Å²) in [7, 11) is 0. The summed E-state index contributed by atoms with van der Waals surface area (Å²) in [5.41, 5.74) is 5.87. The van der Waals surface area contributed by atoms with Crippen molar-refractivity contribution in [3.8, 4) is 0 Å².